The van der Waals surface area contributed by atoms with Gasteiger partial charge in [-0.05, 0) is 7.05 Å². The fraction of sp³-hybridized carbons (Fsp3) is 0.920. The molecule has 3 N–H and O–H groups in total. The lowest BCUT2D eigenvalue weighted by molar-refractivity contribution is -0.124. The van der Waals surface area contributed by atoms with E-state index in [1.165, 1.54) is 0 Å². The molecule has 0 aromatic carbocycles. The van der Waals surface area contributed by atoms with Crippen molar-refractivity contribution in [2.75, 3.05) is 119 Å². The number of hydrogen-bond acceptors (Lipinski definition) is 10. The first-order valence-corrected chi connectivity index (χ1v) is 13.3. The highest BCUT2D eigenvalue weighted by Crippen LogP contribution is 1.89. The predicted molar refractivity (Wildman–Crippen MR) is 142 cm³/mol. The Morgan fingerprint density at radius 2 is 0.838 bits per heavy atom. The van der Waals surface area contributed by atoms with E-state index in [1.54, 1.807) is 7.05 Å². The van der Waals surface area contributed by atoms with Crippen LogP contribution in [0.15, 0.2) is 0 Å². The van der Waals surface area contributed by atoms with Crippen LogP contribution in [0.1, 0.15) is 27.7 Å². The van der Waals surface area contributed by atoms with Crippen LogP contribution in [0, 0.1) is 5.92 Å². The number of amides is 2. The van der Waals surface area contributed by atoms with Gasteiger partial charge in [-0.15, -0.1) is 0 Å². The third-order valence-electron chi connectivity index (χ3n) is 4.21. The van der Waals surface area contributed by atoms with E-state index in [0.717, 1.165) is 0 Å². The van der Waals surface area contributed by atoms with E-state index in [4.69, 9.17) is 33.2 Å². The van der Waals surface area contributed by atoms with E-state index >= 15 is 0 Å². The summed E-state index contributed by atoms with van der Waals surface area (Å²) >= 11 is 0. The lowest BCUT2D eigenvalue weighted by Gasteiger charge is -2.09. The standard InChI is InChI=1S/C23H47N3O9.C2H6/c1-21(2)23(28)26-5-7-30-9-11-32-13-15-34-17-19-35-18-16-33-14-12-31-10-8-29-6-4-25-22(27)20-24-3;1-2/h21,24H,4-20H2,1-3H3,(H,25,27)(H,26,28);1-2H3. The largest absolute Gasteiger partial charge is 0.377 e. The number of hydrogen-bond donors (Lipinski definition) is 3. The molecular formula is C25H53N3O9. The van der Waals surface area contributed by atoms with Crippen molar-refractivity contribution in [2.45, 2.75) is 27.7 Å². The first-order chi connectivity index (χ1) is 18.1. The van der Waals surface area contributed by atoms with E-state index in [0.29, 0.717) is 112 Å². The zero-order valence-corrected chi connectivity index (χ0v) is 23.8. The summed E-state index contributed by atoms with van der Waals surface area (Å²) in [5.41, 5.74) is 0. The minimum absolute atomic E-state index is 0.0118. The van der Waals surface area contributed by atoms with Crippen molar-refractivity contribution in [2.24, 2.45) is 5.92 Å². The number of nitrogens with one attached hydrogen (secondary N) is 3. The summed E-state index contributed by atoms with van der Waals surface area (Å²) in [6.07, 6.45) is 0. The quantitative estimate of drug-likeness (QED) is 0.125. The van der Waals surface area contributed by atoms with Gasteiger partial charge in [0.15, 0.2) is 0 Å². The van der Waals surface area contributed by atoms with Crippen molar-refractivity contribution in [1.82, 2.24) is 16.0 Å². The molecule has 0 fully saturated rings. The predicted octanol–water partition coefficient (Wildman–Crippen LogP) is 0.237. The highest BCUT2D eigenvalue weighted by atomic mass is 16.6. The summed E-state index contributed by atoms with van der Waals surface area (Å²) in [7, 11) is 1.72. The second-order valence-electron chi connectivity index (χ2n) is 7.61. The Kier molecular flexibility index (Phi) is 33.3. The van der Waals surface area contributed by atoms with E-state index in [1.807, 2.05) is 27.7 Å². The molecule has 0 aliphatic heterocycles. The molecule has 0 radical (unpaired) electrons. The summed E-state index contributed by atoms with van der Waals surface area (Å²) < 4.78 is 37.8. The van der Waals surface area contributed by atoms with Gasteiger partial charge in [-0.25, -0.2) is 0 Å². The lowest BCUT2D eigenvalue weighted by atomic mass is 10.2. The van der Waals surface area contributed by atoms with Crippen LogP contribution >= 0.6 is 0 Å². The lowest BCUT2D eigenvalue weighted by Crippen LogP contribution is -2.34. The second kappa shape index (κ2) is 32.6. The van der Waals surface area contributed by atoms with Gasteiger partial charge in [0.2, 0.25) is 11.8 Å². The van der Waals surface area contributed by atoms with Gasteiger partial charge in [-0.1, -0.05) is 27.7 Å². The molecule has 0 aliphatic carbocycles. The average molecular weight is 540 g/mol. The molecule has 0 bridgehead atoms. The summed E-state index contributed by atoms with van der Waals surface area (Å²) in [5.74, 6) is -0.0306. The normalized spacial score (nSPS) is 10.8. The van der Waals surface area contributed by atoms with Crippen LogP contribution in [0.2, 0.25) is 0 Å². The Morgan fingerprint density at radius 1 is 0.541 bits per heavy atom. The van der Waals surface area contributed by atoms with Crippen molar-refractivity contribution in [1.29, 1.82) is 0 Å². The molecule has 222 valence electrons. The molecule has 12 nitrogen and oxygen atoms in total. The monoisotopic (exact) mass is 539 g/mol. The van der Waals surface area contributed by atoms with Crippen molar-refractivity contribution < 1.29 is 42.7 Å². The summed E-state index contributed by atoms with van der Waals surface area (Å²) in [6, 6.07) is 0. The minimum Gasteiger partial charge on any atom is -0.377 e. The van der Waals surface area contributed by atoms with E-state index < -0.39 is 0 Å². The Morgan fingerprint density at radius 3 is 1.14 bits per heavy atom. The summed E-state index contributed by atoms with van der Waals surface area (Å²) in [5, 5.41) is 8.29. The van der Waals surface area contributed by atoms with Gasteiger partial charge in [0.05, 0.1) is 99.0 Å². The van der Waals surface area contributed by atoms with E-state index in [2.05, 4.69) is 16.0 Å². The molecule has 12 heteroatoms. The molecule has 0 atom stereocenters. The van der Waals surface area contributed by atoms with Crippen molar-refractivity contribution in [3.8, 4) is 0 Å². The first kappa shape index (κ1) is 37.8. The maximum Gasteiger partial charge on any atom is 0.234 e. The molecule has 2 amide bonds. The maximum absolute atomic E-state index is 11.4. The van der Waals surface area contributed by atoms with Crippen LogP contribution in [-0.4, -0.2) is 131 Å². The fourth-order valence-corrected chi connectivity index (χ4v) is 2.36. The van der Waals surface area contributed by atoms with E-state index in [-0.39, 0.29) is 17.7 Å². The third kappa shape index (κ3) is 32.6. The van der Waals surface area contributed by atoms with Gasteiger partial charge in [0, 0.05) is 19.0 Å². The first-order valence-electron chi connectivity index (χ1n) is 13.3. The number of ether oxygens (including phenoxy) is 7. The minimum atomic E-state index is -0.0496. The highest BCUT2D eigenvalue weighted by Gasteiger charge is 2.04. The SMILES string of the molecule is CC.CNCC(=O)NCCOCCOCCOCCOCCOCCOCCOCCNC(=O)C(C)C. The van der Waals surface area contributed by atoms with Gasteiger partial charge in [-0.2, -0.15) is 0 Å². The smallest absolute Gasteiger partial charge is 0.234 e. The average Bonchev–Trinajstić information content (AvgIpc) is 2.89. The Balaban J connectivity index is 0. The Hall–Kier alpha value is -1.38. The van der Waals surface area contributed by atoms with Gasteiger partial charge >= 0.3 is 0 Å². The number of rotatable bonds is 27. The van der Waals surface area contributed by atoms with Crippen molar-refractivity contribution >= 4 is 11.8 Å². The molecule has 0 unspecified atom stereocenters. The Labute approximate surface area is 223 Å². The van der Waals surface area contributed by atoms with E-state index in [9.17, 15) is 9.59 Å². The van der Waals surface area contributed by atoms with Crippen molar-refractivity contribution in [3.05, 3.63) is 0 Å². The van der Waals surface area contributed by atoms with Crippen LogP contribution in [0.25, 0.3) is 0 Å². The molecular weight excluding hydrogens is 486 g/mol. The molecule has 0 aliphatic rings. The van der Waals surface area contributed by atoms with Gasteiger partial charge in [0.25, 0.3) is 0 Å². The van der Waals surface area contributed by atoms with Gasteiger partial charge < -0.3 is 49.1 Å². The van der Waals surface area contributed by atoms with Crippen LogP contribution in [0.4, 0.5) is 0 Å². The zero-order chi connectivity index (χ0) is 27.8. The number of carbonyl (C=O) groups excluding carboxylic acids is 2. The molecule has 37 heavy (non-hydrogen) atoms. The maximum atomic E-state index is 11.4. The Bertz CT molecular complexity index is 486. The fourth-order valence-electron chi connectivity index (χ4n) is 2.36. The third-order valence-corrected chi connectivity index (χ3v) is 4.21. The van der Waals surface area contributed by atoms with Crippen LogP contribution in [0.5, 0.6) is 0 Å². The van der Waals surface area contributed by atoms with Crippen molar-refractivity contribution in [3.63, 3.8) is 0 Å². The van der Waals surface area contributed by atoms with Crippen LogP contribution < -0.4 is 16.0 Å². The number of likely N-dealkylation sites (N-methyl/N-ethyl adjacent to an activating group) is 1. The zero-order valence-electron chi connectivity index (χ0n) is 23.8. The highest BCUT2D eigenvalue weighted by molar-refractivity contribution is 5.78. The molecule has 0 aromatic rings. The summed E-state index contributed by atoms with van der Waals surface area (Å²) in [4.78, 5) is 22.5. The molecule has 0 aromatic heterocycles. The van der Waals surface area contributed by atoms with Crippen LogP contribution in [-0.2, 0) is 42.7 Å². The topological polar surface area (TPSA) is 135 Å². The molecule has 0 rings (SSSR count). The molecule has 0 heterocycles. The van der Waals surface area contributed by atoms with Gasteiger partial charge in [0.1, 0.15) is 0 Å². The molecule has 0 saturated heterocycles. The summed E-state index contributed by atoms with van der Waals surface area (Å²) in [6.45, 7) is 15.8. The molecule has 0 saturated carbocycles. The van der Waals surface area contributed by atoms with Crippen LogP contribution in [0.3, 0.4) is 0 Å². The second-order valence-corrected chi connectivity index (χ2v) is 7.61. The molecule has 0 spiro atoms. The number of carbonyl (C=O) groups is 2. The van der Waals surface area contributed by atoms with Gasteiger partial charge in [-0.3, -0.25) is 9.59 Å².